The van der Waals surface area contributed by atoms with Crippen molar-refractivity contribution in [2.45, 2.75) is 39.8 Å². The van der Waals surface area contributed by atoms with Crippen LogP contribution in [0.4, 0.5) is 5.69 Å². The number of amides is 1. The lowest BCUT2D eigenvalue weighted by Gasteiger charge is -2.16. The summed E-state index contributed by atoms with van der Waals surface area (Å²) in [7, 11) is 0. The van der Waals surface area contributed by atoms with Crippen LogP contribution in [0.2, 0.25) is 0 Å². The van der Waals surface area contributed by atoms with Gasteiger partial charge in [-0.25, -0.2) is 0 Å². The average molecular weight is 218 g/mol. The first-order valence-electron chi connectivity index (χ1n) is 5.67. The zero-order chi connectivity index (χ0) is 11.9. The molecular formula is C13H18N2O. The van der Waals surface area contributed by atoms with E-state index in [1.165, 1.54) is 11.1 Å². The molecule has 2 rings (SSSR count). The van der Waals surface area contributed by atoms with Crippen molar-refractivity contribution in [2.75, 3.05) is 5.32 Å². The van der Waals surface area contributed by atoms with Crippen LogP contribution in [0.3, 0.4) is 0 Å². The van der Waals surface area contributed by atoms with Gasteiger partial charge in [-0.3, -0.25) is 10.1 Å². The maximum atomic E-state index is 11.9. The number of carbonyl (C=O) groups is 1. The molecule has 0 fully saturated rings. The molecule has 1 aromatic carbocycles. The Labute approximate surface area is 96.2 Å². The van der Waals surface area contributed by atoms with Crippen molar-refractivity contribution in [3.05, 3.63) is 28.8 Å². The molecule has 3 heteroatoms. The van der Waals surface area contributed by atoms with Crippen LogP contribution in [0, 0.1) is 13.8 Å². The van der Waals surface area contributed by atoms with E-state index in [1.54, 1.807) is 0 Å². The summed E-state index contributed by atoms with van der Waals surface area (Å²) in [5.74, 6) is 0.0531. The van der Waals surface area contributed by atoms with Gasteiger partial charge in [0.15, 0.2) is 0 Å². The molecule has 1 unspecified atom stereocenters. The topological polar surface area (TPSA) is 41.1 Å². The molecule has 86 valence electrons. The summed E-state index contributed by atoms with van der Waals surface area (Å²) in [6.07, 6.45) is 0. The SMILES string of the molecule is Cc1cc(C)c2c(c1)NC(=O)C2NC(C)C. The standard InChI is InChI=1S/C13H18N2O/c1-7(2)14-12-11-9(4)5-8(3)6-10(11)15-13(12)16/h5-7,12,14H,1-4H3,(H,15,16). The van der Waals surface area contributed by atoms with Crippen LogP contribution in [0.25, 0.3) is 0 Å². The molecule has 1 aliphatic heterocycles. The van der Waals surface area contributed by atoms with Crippen molar-refractivity contribution in [1.82, 2.24) is 5.32 Å². The molecule has 2 N–H and O–H groups in total. The van der Waals surface area contributed by atoms with E-state index in [1.807, 2.05) is 13.0 Å². The summed E-state index contributed by atoms with van der Waals surface area (Å²) in [6, 6.07) is 4.24. The van der Waals surface area contributed by atoms with Crippen molar-refractivity contribution >= 4 is 11.6 Å². The lowest BCUT2D eigenvalue weighted by molar-refractivity contribution is -0.117. The number of benzene rings is 1. The summed E-state index contributed by atoms with van der Waals surface area (Å²) in [5, 5.41) is 6.23. The average Bonchev–Trinajstić information content (AvgIpc) is 2.41. The van der Waals surface area contributed by atoms with Crippen molar-refractivity contribution in [2.24, 2.45) is 0 Å². The molecule has 1 aliphatic rings. The van der Waals surface area contributed by atoms with Crippen LogP contribution >= 0.6 is 0 Å². The molecule has 1 atom stereocenters. The van der Waals surface area contributed by atoms with Gasteiger partial charge < -0.3 is 5.32 Å². The Morgan fingerprint density at radius 1 is 1.31 bits per heavy atom. The van der Waals surface area contributed by atoms with E-state index in [4.69, 9.17) is 0 Å². The van der Waals surface area contributed by atoms with Crippen molar-refractivity contribution in [1.29, 1.82) is 0 Å². The molecule has 0 aromatic heterocycles. The molecule has 1 aromatic rings. The molecule has 1 amide bonds. The van der Waals surface area contributed by atoms with E-state index in [9.17, 15) is 4.79 Å². The van der Waals surface area contributed by atoms with Gasteiger partial charge in [0, 0.05) is 17.3 Å². The molecule has 0 bridgehead atoms. The predicted octanol–water partition coefficient (Wildman–Crippen LogP) is 2.29. The number of hydrogen-bond acceptors (Lipinski definition) is 2. The third kappa shape index (κ3) is 1.83. The van der Waals surface area contributed by atoms with Gasteiger partial charge in [0.2, 0.25) is 5.91 Å². The maximum absolute atomic E-state index is 11.9. The minimum Gasteiger partial charge on any atom is -0.324 e. The lowest BCUT2D eigenvalue weighted by atomic mass is 9.99. The van der Waals surface area contributed by atoms with Crippen LogP contribution in [-0.2, 0) is 4.79 Å². The van der Waals surface area contributed by atoms with Crippen LogP contribution in [0.15, 0.2) is 12.1 Å². The van der Waals surface area contributed by atoms with Crippen molar-refractivity contribution in [3.8, 4) is 0 Å². The molecule has 16 heavy (non-hydrogen) atoms. The molecule has 0 spiro atoms. The van der Waals surface area contributed by atoms with E-state index in [0.29, 0.717) is 6.04 Å². The monoisotopic (exact) mass is 218 g/mol. The first-order chi connectivity index (χ1) is 7.49. The molecule has 1 heterocycles. The van der Waals surface area contributed by atoms with Crippen LogP contribution in [0.1, 0.15) is 36.6 Å². The Balaban J connectivity index is 2.44. The Kier molecular flexibility index (Phi) is 2.72. The van der Waals surface area contributed by atoms with E-state index in [0.717, 1.165) is 11.3 Å². The van der Waals surface area contributed by atoms with Gasteiger partial charge >= 0.3 is 0 Å². The molecule has 0 saturated carbocycles. The summed E-state index contributed by atoms with van der Waals surface area (Å²) in [6.45, 7) is 8.20. The first kappa shape index (κ1) is 11.1. The van der Waals surface area contributed by atoms with E-state index < -0.39 is 0 Å². The Morgan fingerprint density at radius 3 is 2.62 bits per heavy atom. The highest BCUT2D eigenvalue weighted by Crippen LogP contribution is 2.34. The number of rotatable bonds is 2. The van der Waals surface area contributed by atoms with Gasteiger partial charge in [-0.2, -0.15) is 0 Å². The van der Waals surface area contributed by atoms with Gasteiger partial charge in [0.1, 0.15) is 6.04 Å². The largest absolute Gasteiger partial charge is 0.324 e. The maximum Gasteiger partial charge on any atom is 0.246 e. The molecule has 0 aliphatic carbocycles. The smallest absolute Gasteiger partial charge is 0.246 e. The zero-order valence-corrected chi connectivity index (χ0v) is 10.2. The number of aryl methyl sites for hydroxylation is 2. The second kappa shape index (κ2) is 3.91. The van der Waals surface area contributed by atoms with Crippen molar-refractivity contribution in [3.63, 3.8) is 0 Å². The van der Waals surface area contributed by atoms with Gasteiger partial charge in [-0.15, -0.1) is 0 Å². The summed E-state index contributed by atoms with van der Waals surface area (Å²) in [4.78, 5) is 11.9. The Bertz CT molecular complexity index is 438. The fourth-order valence-corrected chi connectivity index (χ4v) is 2.29. The van der Waals surface area contributed by atoms with E-state index >= 15 is 0 Å². The fourth-order valence-electron chi connectivity index (χ4n) is 2.29. The van der Waals surface area contributed by atoms with E-state index in [2.05, 4.69) is 37.5 Å². The fraction of sp³-hybridized carbons (Fsp3) is 0.462. The lowest BCUT2D eigenvalue weighted by Crippen LogP contribution is -2.32. The molecule has 0 saturated heterocycles. The Morgan fingerprint density at radius 2 is 2.00 bits per heavy atom. The second-order valence-electron chi connectivity index (χ2n) is 4.79. The number of anilines is 1. The van der Waals surface area contributed by atoms with Gasteiger partial charge in [-0.1, -0.05) is 6.07 Å². The first-order valence-corrected chi connectivity index (χ1v) is 5.67. The number of hydrogen-bond donors (Lipinski definition) is 2. The quantitative estimate of drug-likeness (QED) is 0.799. The number of nitrogens with one attached hydrogen (secondary N) is 2. The molecule has 3 nitrogen and oxygen atoms in total. The minimum absolute atomic E-state index is 0.0531. The predicted molar refractivity (Wildman–Crippen MR) is 65.6 cm³/mol. The molecular weight excluding hydrogens is 200 g/mol. The number of fused-ring (bicyclic) bond motifs is 1. The summed E-state index contributed by atoms with van der Waals surface area (Å²) < 4.78 is 0. The third-order valence-electron chi connectivity index (χ3n) is 2.84. The summed E-state index contributed by atoms with van der Waals surface area (Å²) in [5.41, 5.74) is 4.41. The highest BCUT2D eigenvalue weighted by molar-refractivity contribution is 6.03. The van der Waals surface area contributed by atoms with Crippen LogP contribution in [0.5, 0.6) is 0 Å². The highest BCUT2D eigenvalue weighted by atomic mass is 16.2. The minimum atomic E-state index is -0.199. The number of carbonyl (C=O) groups excluding carboxylic acids is 1. The highest BCUT2D eigenvalue weighted by Gasteiger charge is 2.32. The van der Waals surface area contributed by atoms with Gasteiger partial charge in [-0.05, 0) is 44.9 Å². The second-order valence-corrected chi connectivity index (χ2v) is 4.79. The van der Waals surface area contributed by atoms with E-state index in [-0.39, 0.29) is 11.9 Å². The molecule has 0 radical (unpaired) electrons. The zero-order valence-electron chi connectivity index (χ0n) is 10.2. The normalized spacial score (nSPS) is 18.8. The van der Waals surface area contributed by atoms with Crippen LogP contribution < -0.4 is 10.6 Å². The van der Waals surface area contributed by atoms with Gasteiger partial charge in [0.05, 0.1) is 0 Å². The summed E-state index contributed by atoms with van der Waals surface area (Å²) >= 11 is 0. The Hall–Kier alpha value is -1.35. The van der Waals surface area contributed by atoms with Gasteiger partial charge in [0.25, 0.3) is 0 Å². The van der Waals surface area contributed by atoms with Crippen molar-refractivity contribution < 1.29 is 4.79 Å². The third-order valence-corrected chi connectivity index (χ3v) is 2.84. The van der Waals surface area contributed by atoms with Crippen LogP contribution in [-0.4, -0.2) is 11.9 Å².